The van der Waals surface area contributed by atoms with Gasteiger partial charge in [-0.25, -0.2) is 9.59 Å². The number of aliphatic carboxylic acids is 1. The van der Waals surface area contributed by atoms with Crippen LogP contribution in [0.3, 0.4) is 0 Å². The second kappa shape index (κ2) is 6.31. The molecule has 0 spiro atoms. The van der Waals surface area contributed by atoms with Gasteiger partial charge in [-0.15, -0.1) is 0 Å². The van der Waals surface area contributed by atoms with Crippen LogP contribution in [0.25, 0.3) is 0 Å². The van der Waals surface area contributed by atoms with Gasteiger partial charge in [0.25, 0.3) is 0 Å². The molecule has 0 saturated heterocycles. The van der Waals surface area contributed by atoms with E-state index in [0.29, 0.717) is 10.7 Å². The Balaban J connectivity index is 3.36. The monoisotopic (exact) mass is 587 g/mol. The van der Waals surface area contributed by atoms with E-state index in [9.17, 15) is 14.4 Å². The zero-order valence-corrected chi connectivity index (χ0v) is 14.8. The first-order valence-corrected chi connectivity index (χ1v) is 7.44. The summed E-state index contributed by atoms with van der Waals surface area (Å²) in [4.78, 5) is 32.7. The molecule has 0 heterocycles. The van der Waals surface area contributed by atoms with Gasteiger partial charge in [0.15, 0.2) is 0 Å². The molecular formula is C9H4I3NO5. The number of hydrogen-bond acceptors (Lipinski definition) is 3. The van der Waals surface area contributed by atoms with E-state index in [0.717, 1.165) is 0 Å². The number of anilines is 1. The number of nitrogens with one attached hydrogen (secondary N) is 1. The fraction of sp³-hybridized carbons (Fsp3) is 0. The van der Waals surface area contributed by atoms with Gasteiger partial charge in [-0.1, -0.05) is 0 Å². The summed E-state index contributed by atoms with van der Waals surface area (Å²) in [6.07, 6.45) is 0. The van der Waals surface area contributed by atoms with Crippen molar-refractivity contribution in [2.75, 3.05) is 5.32 Å². The maximum Gasteiger partial charge on any atom is 0.394 e. The predicted octanol–water partition coefficient (Wildman–Crippen LogP) is 2.22. The smallest absolute Gasteiger partial charge is 0.394 e. The number of halogens is 3. The first-order valence-electron chi connectivity index (χ1n) is 4.20. The Bertz CT molecular complexity index is 558. The van der Waals surface area contributed by atoms with Crippen LogP contribution in [0, 0.1) is 10.7 Å². The molecule has 1 amide bonds. The molecular weight excluding hydrogens is 583 g/mol. The lowest BCUT2D eigenvalue weighted by Crippen LogP contribution is -2.23. The molecule has 1 rings (SSSR count). The third kappa shape index (κ3) is 3.43. The molecule has 0 aromatic heterocycles. The number of hydrogen-bond donors (Lipinski definition) is 3. The van der Waals surface area contributed by atoms with E-state index in [1.165, 1.54) is 0 Å². The van der Waals surface area contributed by atoms with Crippen molar-refractivity contribution in [3.63, 3.8) is 0 Å². The Hall–Kier alpha value is -0.180. The van der Waals surface area contributed by atoms with Gasteiger partial charge in [0.05, 0.1) is 14.8 Å². The van der Waals surface area contributed by atoms with E-state index in [1.54, 1.807) is 28.7 Å². The highest BCUT2D eigenvalue weighted by molar-refractivity contribution is 14.1. The van der Waals surface area contributed by atoms with Crippen LogP contribution in [0.15, 0.2) is 6.07 Å². The molecule has 3 N–H and O–H groups in total. The van der Waals surface area contributed by atoms with Crippen molar-refractivity contribution in [3.8, 4) is 0 Å². The third-order valence-electron chi connectivity index (χ3n) is 1.82. The molecule has 18 heavy (non-hydrogen) atoms. The van der Waals surface area contributed by atoms with Gasteiger partial charge in [0.2, 0.25) is 0 Å². The summed E-state index contributed by atoms with van der Waals surface area (Å²) in [5.74, 6) is -3.97. The topological polar surface area (TPSA) is 104 Å². The third-order valence-corrected chi connectivity index (χ3v) is 4.60. The van der Waals surface area contributed by atoms with E-state index < -0.39 is 17.8 Å². The number of benzene rings is 1. The number of carboxylic acid groups (broad SMARTS) is 2. The number of aromatic carboxylic acids is 1. The van der Waals surface area contributed by atoms with Crippen LogP contribution in [-0.4, -0.2) is 28.1 Å². The lowest BCUT2D eigenvalue weighted by atomic mass is 10.2. The molecule has 1 aromatic carbocycles. The van der Waals surface area contributed by atoms with Crippen molar-refractivity contribution < 1.29 is 24.6 Å². The fourth-order valence-electron chi connectivity index (χ4n) is 1.07. The molecule has 0 saturated carbocycles. The summed E-state index contributed by atoms with van der Waals surface area (Å²) in [5, 5.41) is 19.8. The van der Waals surface area contributed by atoms with E-state index in [-0.39, 0.29) is 11.3 Å². The molecule has 0 unspecified atom stereocenters. The van der Waals surface area contributed by atoms with Crippen LogP contribution >= 0.6 is 67.8 Å². The second-order valence-corrected chi connectivity index (χ2v) is 6.37. The summed E-state index contributed by atoms with van der Waals surface area (Å²) < 4.78 is 1.38. The quantitative estimate of drug-likeness (QED) is 0.364. The summed E-state index contributed by atoms with van der Waals surface area (Å²) in [6, 6.07) is 1.56. The van der Waals surface area contributed by atoms with Crippen molar-refractivity contribution >= 4 is 91.3 Å². The Morgan fingerprint density at radius 1 is 1.06 bits per heavy atom. The molecule has 0 bridgehead atoms. The molecule has 6 nitrogen and oxygen atoms in total. The molecule has 0 aliphatic rings. The van der Waals surface area contributed by atoms with Gasteiger partial charge in [-0.3, -0.25) is 4.79 Å². The first-order chi connectivity index (χ1) is 8.25. The summed E-state index contributed by atoms with van der Waals surface area (Å²) in [6.45, 7) is 0. The number of carbonyl (C=O) groups is 3. The van der Waals surface area contributed by atoms with Crippen LogP contribution < -0.4 is 5.32 Å². The second-order valence-electron chi connectivity index (χ2n) is 2.97. The molecule has 0 radical (unpaired) electrons. The lowest BCUT2D eigenvalue weighted by molar-refractivity contribution is -0.147. The Morgan fingerprint density at radius 2 is 1.61 bits per heavy atom. The highest BCUT2D eigenvalue weighted by atomic mass is 127. The number of rotatable bonds is 2. The first kappa shape index (κ1) is 15.9. The van der Waals surface area contributed by atoms with Crippen molar-refractivity contribution in [2.24, 2.45) is 0 Å². The van der Waals surface area contributed by atoms with Gasteiger partial charge in [0.1, 0.15) is 0 Å². The minimum absolute atomic E-state index is 0.0392. The van der Waals surface area contributed by atoms with Gasteiger partial charge in [-0.2, -0.15) is 0 Å². The minimum Gasteiger partial charge on any atom is -0.478 e. The average Bonchev–Trinajstić information content (AvgIpc) is 2.22. The van der Waals surface area contributed by atoms with E-state index in [1.807, 2.05) is 45.2 Å². The van der Waals surface area contributed by atoms with Gasteiger partial charge in [-0.05, 0) is 73.8 Å². The van der Waals surface area contributed by atoms with Crippen molar-refractivity contribution in [1.82, 2.24) is 0 Å². The maximum absolute atomic E-state index is 11.1. The highest BCUT2D eigenvalue weighted by Crippen LogP contribution is 2.31. The average molecular weight is 587 g/mol. The zero-order valence-electron chi connectivity index (χ0n) is 8.33. The minimum atomic E-state index is -1.63. The molecule has 1 aromatic rings. The molecule has 0 atom stereocenters. The van der Waals surface area contributed by atoms with Crippen molar-refractivity contribution in [1.29, 1.82) is 0 Å². The Kier molecular flexibility index (Phi) is 5.57. The summed E-state index contributed by atoms with van der Waals surface area (Å²) in [5.41, 5.74) is 0.235. The zero-order chi connectivity index (χ0) is 14.0. The largest absolute Gasteiger partial charge is 0.478 e. The number of amides is 1. The van der Waals surface area contributed by atoms with E-state index in [2.05, 4.69) is 5.32 Å². The molecule has 9 heteroatoms. The van der Waals surface area contributed by atoms with Crippen LogP contribution in [0.2, 0.25) is 0 Å². The van der Waals surface area contributed by atoms with Gasteiger partial charge in [0, 0.05) is 7.14 Å². The SMILES string of the molecule is O=C(O)C(=O)Nc1c(I)cc(I)c(C(=O)O)c1I. The van der Waals surface area contributed by atoms with Crippen LogP contribution in [0.4, 0.5) is 5.69 Å². The number of carboxylic acids is 2. The summed E-state index contributed by atoms with van der Waals surface area (Å²) >= 11 is 5.54. The van der Waals surface area contributed by atoms with Crippen LogP contribution in [0.1, 0.15) is 10.4 Å². The van der Waals surface area contributed by atoms with Crippen LogP contribution in [0.5, 0.6) is 0 Å². The van der Waals surface area contributed by atoms with E-state index in [4.69, 9.17) is 10.2 Å². The molecule has 96 valence electrons. The standard InChI is InChI=1S/C9H4I3NO5/c10-2-1-3(11)6(13-7(14)9(17)18)5(12)4(2)8(15)16/h1H,(H,13,14)(H,15,16)(H,17,18). The molecule has 0 fully saturated rings. The molecule has 0 aliphatic carbocycles. The van der Waals surface area contributed by atoms with Crippen molar-refractivity contribution in [2.45, 2.75) is 0 Å². The highest BCUT2D eigenvalue weighted by Gasteiger charge is 2.22. The predicted molar refractivity (Wildman–Crippen MR) is 87.8 cm³/mol. The molecule has 0 aliphatic heterocycles. The Morgan fingerprint density at radius 3 is 2.06 bits per heavy atom. The summed E-state index contributed by atoms with van der Waals surface area (Å²) in [7, 11) is 0. The van der Waals surface area contributed by atoms with Crippen molar-refractivity contribution in [3.05, 3.63) is 22.3 Å². The fourth-order valence-corrected chi connectivity index (χ4v) is 5.17. The normalized spacial score (nSPS) is 9.94. The Labute approximate surface area is 142 Å². The maximum atomic E-state index is 11.1. The number of carbonyl (C=O) groups excluding carboxylic acids is 1. The van der Waals surface area contributed by atoms with Crippen LogP contribution in [-0.2, 0) is 9.59 Å². The van der Waals surface area contributed by atoms with Gasteiger partial charge >= 0.3 is 17.8 Å². The van der Waals surface area contributed by atoms with Gasteiger partial charge < -0.3 is 15.5 Å². The van der Waals surface area contributed by atoms with E-state index >= 15 is 0 Å². The lowest BCUT2D eigenvalue weighted by Gasteiger charge is -2.12.